The lowest BCUT2D eigenvalue weighted by Crippen LogP contribution is -2.37. The van der Waals surface area contributed by atoms with Crippen molar-refractivity contribution in [2.45, 2.75) is 45.7 Å². The number of rotatable bonds is 5. The van der Waals surface area contributed by atoms with Crippen LogP contribution in [0.4, 0.5) is 0 Å². The van der Waals surface area contributed by atoms with Gasteiger partial charge in [0.2, 0.25) is 5.89 Å². The number of carbonyl (C=O) groups is 1. The molecule has 0 radical (unpaired) electrons. The molecule has 0 bridgehead atoms. The number of likely N-dealkylation sites (tertiary alicyclic amines) is 1. The molecule has 1 fully saturated rings. The van der Waals surface area contributed by atoms with Crippen LogP contribution in [0, 0.1) is 0 Å². The summed E-state index contributed by atoms with van der Waals surface area (Å²) in [5.41, 5.74) is 0. The Morgan fingerprint density at radius 3 is 3.06 bits per heavy atom. The Morgan fingerprint density at radius 2 is 2.39 bits per heavy atom. The van der Waals surface area contributed by atoms with Crippen LogP contribution in [-0.4, -0.2) is 40.2 Å². The summed E-state index contributed by atoms with van der Waals surface area (Å²) < 4.78 is 10.1. The van der Waals surface area contributed by atoms with Crippen LogP contribution in [0.2, 0.25) is 0 Å². The Hall–Kier alpha value is -1.43. The first-order valence-corrected chi connectivity index (χ1v) is 6.46. The van der Waals surface area contributed by atoms with Gasteiger partial charge in [-0.1, -0.05) is 12.1 Å². The van der Waals surface area contributed by atoms with Crippen LogP contribution in [0.5, 0.6) is 0 Å². The van der Waals surface area contributed by atoms with Crippen molar-refractivity contribution in [1.29, 1.82) is 0 Å². The van der Waals surface area contributed by atoms with E-state index in [9.17, 15) is 4.79 Å². The number of hydrogen-bond donors (Lipinski definition) is 0. The smallest absolute Gasteiger partial charge is 0.323 e. The lowest BCUT2D eigenvalue weighted by molar-refractivity contribution is -0.148. The Kier molecular flexibility index (Phi) is 4.30. The number of aryl methyl sites for hydroxylation is 1. The molecule has 100 valence electrons. The van der Waals surface area contributed by atoms with Gasteiger partial charge in [0, 0.05) is 6.42 Å². The first-order valence-electron chi connectivity index (χ1n) is 6.46. The van der Waals surface area contributed by atoms with E-state index in [1.54, 1.807) is 0 Å². The fraction of sp³-hybridized carbons (Fsp3) is 0.750. The number of esters is 1. The van der Waals surface area contributed by atoms with E-state index < -0.39 is 0 Å². The molecule has 0 saturated carbocycles. The molecular weight excluding hydrogens is 234 g/mol. The maximum Gasteiger partial charge on any atom is 0.323 e. The highest BCUT2D eigenvalue weighted by molar-refractivity contribution is 5.76. The van der Waals surface area contributed by atoms with Crippen molar-refractivity contribution < 1.29 is 14.1 Å². The first kappa shape index (κ1) is 13.0. The average Bonchev–Trinajstić information content (AvgIpc) is 2.99. The SMILES string of the molecule is CCOC(=O)C1CCCN1Cc1noc(CC)n1. The topological polar surface area (TPSA) is 68.5 Å². The van der Waals surface area contributed by atoms with E-state index in [4.69, 9.17) is 9.26 Å². The third-order valence-corrected chi connectivity index (χ3v) is 3.08. The minimum atomic E-state index is -0.159. The second-order valence-electron chi connectivity index (χ2n) is 4.34. The van der Waals surface area contributed by atoms with Gasteiger partial charge in [-0.15, -0.1) is 0 Å². The van der Waals surface area contributed by atoms with E-state index in [0.717, 1.165) is 25.8 Å². The van der Waals surface area contributed by atoms with Gasteiger partial charge in [0.05, 0.1) is 13.2 Å². The van der Waals surface area contributed by atoms with E-state index in [1.165, 1.54) is 0 Å². The zero-order valence-corrected chi connectivity index (χ0v) is 10.9. The molecule has 1 aliphatic heterocycles. The predicted molar refractivity (Wildman–Crippen MR) is 63.7 cm³/mol. The molecule has 1 saturated heterocycles. The zero-order chi connectivity index (χ0) is 13.0. The average molecular weight is 253 g/mol. The molecular formula is C12H19N3O3. The van der Waals surface area contributed by atoms with Gasteiger partial charge in [-0.25, -0.2) is 0 Å². The second-order valence-corrected chi connectivity index (χ2v) is 4.34. The summed E-state index contributed by atoms with van der Waals surface area (Å²) in [7, 11) is 0. The summed E-state index contributed by atoms with van der Waals surface area (Å²) in [4.78, 5) is 18.1. The monoisotopic (exact) mass is 253 g/mol. The highest BCUT2D eigenvalue weighted by atomic mass is 16.5. The van der Waals surface area contributed by atoms with Crippen LogP contribution < -0.4 is 0 Å². The van der Waals surface area contributed by atoms with E-state index in [1.807, 2.05) is 13.8 Å². The number of ether oxygens (including phenoxy) is 1. The molecule has 6 heteroatoms. The Morgan fingerprint density at radius 1 is 1.56 bits per heavy atom. The molecule has 0 aromatic carbocycles. The number of aromatic nitrogens is 2. The molecule has 1 aromatic heterocycles. The third kappa shape index (κ3) is 2.87. The maximum atomic E-state index is 11.8. The molecule has 1 aromatic rings. The molecule has 0 spiro atoms. The van der Waals surface area contributed by atoms with E-state index >= 15 is 0 Å². The van der Waals surface area contributed by atoms with Gasteiger partial charge >= 0.3 is 5.97 Å². The summed E-state index contributed by atoms with van der Waals surface area (Å²) >= 11 is 0. The van der Waals surface area contributed by atoms with E-state index in [0.29, 0.717) is 24.9 Å². The lowest BCUT2D eigenvalue weighted by Gasteiger charge is -2.20. The largest absolute Gasteiger partial charge is 0.465 e. The van der Waals surface area contributed by atoms with Crippen LogP contribution in [-0.2, 0) is 22.5 Å². The molecule has 2 rings (SSSR count). The third-order valence-electron chi connectivity index (χ3n) is 3.08. The Labute approximate surface area is 106 Å². The van der Waals surface area contributed by atoms with Gasteiger partial charge in [0.15, 0.2) is 5.82 Å². The summed E-state index contributed by atoms with van der Waals surface area (Å²) in [5, 5.41) is 3.91. The van der Waals surface area contributed by atoms with Gasteiger partial charge < -0.3 is 9.26 Å². The van der Waals surface area contributed by atoms with E-state index in [2.05, 4.69) is 15.0 Å². The Balaban J connectivity index is 1.97. The molecule has 1 atom stereocenters. The molecule has 1 unspecified atom stereocenters. The van der Waals surface area contributed by atoms with Crippen molar-refractivity contribution in [1.82, 2.24) is 15.0 Å². The fourth-order valence-electron chi connectivity index (χ4n) is 2.20. The van der Waals surface area contributed by atoms with E-state index in [-0.39, 0.29) is 12.0 Å². The molecule has 1 aliphatic rings. The predicted octanol–water partition coefficient (Wildman–Crippen LogP) is 1.16. The minimum Gasteiger partial charge on any atom is -0.465 e. The first-order chi connectivity index (χ1) is 8.74. The van der Waals surface area contributed by atoms with Gasteiger partial charge in [0.25, 0.3) is 0 Å². The standard InChI is InChI=1S/C12H19N3O3/c1-3-11-13-10(14-18-11)8-15-7-5-6-9(15)12(16)17-4-2/h9H,3-8H2,1-2H3. The molecule has 2 heterocycles. The highest BCUT2D eigenvalue weighted by Crippen LogP contribution is 2.20. The van der Waals surface area contributed by atoms with Crippen molar-refractivity contribution >= 4 is 5.97 Å². The highest BCUT2D eigenvalue weighted by Gasteiger charge is 2.32. The number of nitrogens with zero attached hydrogens (tertiary/aromatic N) is 3. The van der Waals surface area contributed by atoms with Crippen molar-refractivity contribution in [2.24, 2.45) is 0 Å². The summed E-state index contributed by atoms with van der Waals surface area (Å²) in [6, 6.07) is -0.159. The fourth-order valence-corrected chi connectivity index (χ4v) is 2.20. The van der Waals surface area contributed by atoms with Crippen molar-refractivity contribution in [3.63, 3.8) is 0 Å². The summed E-state index contributed by atoms with van der Waals surface area (Å²) in [6.07, 6.45) is 2.58. The normalized spacial score (nSPS) is 20.2. The number of hydrogen-bond acceptors (Lipinski definition) is 6. The maximum absolute atomic E-state index is 11.8. The van der Waals surface area contributed by atoms with Crippen molar-refractivity contribution in [3.8, 4) is 0 Å². The van der Waals surface area contributed by atoms with Gasteiger partial charge in [0.1, 0.15) is 6.04 Å². The summed E-state index contributed by atoms with van der Waals surface area (Å²) in [5.74, 6) is 1.13. The van der Waals surface area contributed by atoms with Gasteiger partial charge in [-0.05, 0) is 26.3 Å². The van der Waals surface area contributed by atoms with Gasteiger partial charge in [-0.3, -0.25) is 9.69 Å². The Bertz CT molecular complexity index is 405. The van der Waals surface area contributed by atoms with Crippen molar-refractivity contribution in [3.05, 3.63) is 11.7 Å². The minimum absolute atomic E-state index is 0.144. The van der Waals surface area contributed by atoms with Crippen molar-refractivity contribution in [2.75, 3.05) is 13.2 Å². The lowest BCUT2D eigenvalue weighted by atomic mass is 10.2. The molecule has 18 heavy (non-hydrogen) atoms. The number of carbonyl (C=O) groups excluding carboxylic acids is 1. The molecule has 6 nitrogen and oxygen atoms in total. The van der Waals surface area contributed by atoms with Gasteiger partial charge in [-0.2, -0.15) is 4.98 Å². The summed E-state index contributed by atoms with van der Waals surface area (Å²) in [6.45, 7) is 5.64. The van der Waals surface area contributed by atoms with Crippen LogP contribution in [0.15, 0.2) is 4.52 Å². The van der Waals surface area contributed by atoms with Crippen LogP contribution in [0.1, 0.15) is 38.4 Å². The van der Waals surface area contributed by atoms with Crippen LogP contribution in [0.3, 0.4) is 0 Å². The van der Waals surface area contributed by atoms with Crippen LogP contribution in [0.25, 0.3) is 0 Å². The quantitative estimate of drug-likeness (QED) is 0.733. The molecule has 0 aliphatic carbocycles. The molecule has 0 amide bonds. The zero-order valence-electron chi connectivity index (χ0n) is 10.9. The second kappa shape index (κ2) is 5.95. The molecule has 0 N–H and O–H groups in total. The van der Waals surface area contributed by atoms with Crippen LogP contribution >= 0.6 is 0 Å².